The highest BCUT2D eigenvalue weighted by atomic mass is 14.9. The third-order valence-corrected chi connectivity index (χ3v) is 3.68. The lowest BCUT2D eigenvalue weighted by molar-refractivity contribution is 1.28. The highest BCUT2D eigenvalue weighted by Gasteiger charge is 2.06. The summed E-state index contributed by atoms with van der Waals surface area (Å²) in [4.78, 5) is 12.1. The Kier molecular flexibility index (Phi) is 2.86. The van der Waals surface area contributed by atoms with Gasteiger partial charge >= 0.3 is 0 Å². The van der Waals surface area contributed by atoms with E-state index in [0.717, 1.165) is 39.2 Å². The second-order valence-electron chi connectivity index (χ2n) is 5.18. The van der Waals surface area contributed by atoms with Crippen molar-refractivity contribution in [2.75, 3.05) is 5.73 Å². The molecule has 106 valence electrons. The Balaban J connectivity index is 1.80. The van der Waals surface area contributed by atoms with Crippen molar-refractivity contribution in [3.05, 3.63) is 67.0 Å². The van der Waals surface area contributed by atoms with Crippen LogP contribution in [0.15, 0.2) is 67.0 Å². The molecule has 3 N–H and O–H groups in total. The van der Waals surface area contributed by atoms with Crippen LogP contribution >= 0.6 is 0 Å². The van der Waals surface area contributed by atoms with Crippen LogP contribution in [0.5, 0.6) is 0 Å². The van der Waals surface area contributed by atoms with E-state index >= 15 is 0 Å². The maximum atomic E-state index is 5.74. The van der Waals surface area contributed by atoms with E-state index in [1.54, 1.807) is 12.4 Å². The van der Waals surface area contributed by atoms with Gasteiger partial charge in [-0.2, -0.15) is 0 Å². The fourth-order valence-electron chi connectivity index (χ4n) is 2.51. The monoisotopic (exact) mass is 286 g/mol. The molecule has 0 radical (unpaired) electrons. The SMILES string of the molecule is Nc1ccc(-c2ccc3[nH]c(-c4ccncc4)nc3c2)cc1. The number of anilines is 1. The Bertz CT molecular complexity index is 924. The number of fused-ring (bicyclic) bond motifs is 1. The minimum Gasteiger partial charge on any atom is -0.399 e. The quantitative estimate of drug-likeness (QED) is 0.550. The van der Waals surface area contributed by atoms with Gasteiger partial charge < -0.3 is 10.7 Å². The van der Waals surface area contributed by atoms with Crippen molar-refractivity contribution in [2.24, 2.45) is 0 Å². The molecule has 0 aliphatic heterocycles. The summed E-state index contributed by atoms with van der Waals surface area (Å²) in [5.41, 5.74) is 11.8. The van der Waals surface area contributed by atoms with Gasteiger partial charge in [-0.05, 0) is 47.5 Å². The minimum atomic E-state index is 0.768. The zero-order valence-electron chi connectivity index (χ0n) is 11.8. The topological polar surface area (TPSA) is 67.6 Å². The summed E-state index contributed by atoms with van der Waals surface area (Å²) < 4.78 is 0. The van der Waals surface area contributed by atoms with E-state index in [9.17, 15) is 0 Å². The van der Waals surface area contributed by atoms with Crippen LogP contribution in [0, 0.1) is 0 Å². The molecule has 4 nitrogen and oxygen atoms in total. The predicted molar refractivity (Wildman–Crippen MR) is 89.2 cm³/mol. The fraction of sp³-hybridized carbons (Fsp3) is 0. The molecule has 22 heavy (non-hydrogen) atoms. The second-order valence-corrected chi connectivity index (χ2v) is 5.18. The highest BCUT2D eigenvalue weighted by Crippen LogP contribution is 2.26. The molecule has 2 aromatic heterocycles. The molecule has 0 amide bonds. The molecule has 0 saturated heterocycles. The lowest BCUT2D eigenvalue weighted by Gasteiger charge is -2.01. The fourth-order valence-corrected chi connectivity index (χ4v) is 2.51. The molecular weight excluding hydrogens is 272 g/mol. The van der Waals surface area contributed by atoms with Crippen LogP contribution < -0.4 is 5.73 Å². The first-order valence-corrected chi connectivity index (χ1v) is 7.06. The van der Waals surface area contributed by atoms with Gasteiger partial charge in [-0.3, -0.25) is 4.98 Å². The van der Waals surface area contributed by atoms with Crippen molar-refractivity contribution >= 4 is 16.7 Å². The zero-order chi connectivity index (χ0) is 14.9. The summed E-state index contributed by atoms with van der Waals surface area (Å²) in [6.45, 7) is 0. The van der Waals surface area contributed by atoms with Crippen LogP contribution in [-0.4, -0.2) is 15.0 Å². The highest BCUT2D eigenvalue weighted by molar-refractivity contribution is 5.84. The van der Waals surface area contributed by atoms with E-state index in [4.69, 9.17) is 5.73 Å². The van der Waals surface area contributed by atoms with Crippen LogP contribution in [0.4, 0.5) is 5.69 Å². The number of nitrogens with two attached hydrogens (primary N) is 1. The average Bonchev–Trinajstić information content (AvgIpc) is 2.99. The summed E-state index contributed by atoms with van der Waals surface area (Å²) in [5, 5.41) is 0. The third kappa shape index (κ3) is 2.20. The van der Waals surface area contributed by atoms with Crippen molar-refractivity contribution in [1.82, 2.24) is 15.0 Å². The number of hydrogen-bond donors (Lipinski definition) is 2. The third-order valence-electron chi connectivity index (χ3n) is 3.68. The summed E-state index contributed by atoms with van der Waals surface area (Å²) >= 11 is 0. The van der Waals surface area contributed by atoms with Gasteiger partial charge in [0.1, 0.15) is 5.82 Å². The molecule has 0 aliphatic rings. The molecule has 4 rings (SSSR count). The Morgan fingerprint density at radius 3 is 2.27 bits per heavy atom. The van der Waals surface area contributed by atoms with E-state index in [-0.39, 0.29) is 0 Å². The maximum absolute atomic E-state index is 5.74. The molecule has 0 bridgehead atoms. The molecule has 0 aliphatic carbocycles. The van der Waals surface area contributed by atoms with E-state index in [0.29, 0.717) is 0 Å². The standard InChI is InChI=1S/C18H14N4/c19-15-4-1-12(2-5-15)14-3-6-16-17(11-14)22-18(21-16)13-7-9-20-10-8-13/h1-11H,19H2,(H,21,22). The molecular formula is C18H14N4. The van der Waals surface area contributed by atoms with E-state index in [1.165, 1.54) is 0 Å². The van der Waals surface area contributed by atoms with Gasteiger partial charge in [-0.25, -0.2) is 4.98 Å². The van der Waals surface area contributed by atoms with E-state index in [2.05, 4.69) is 33.2 Å². The van der Waals surface area contributed by atoms with Crippen LogP contribution in [0.1, 0.15) is 0 Å². The number of aromatic nitrogens is 3. The van der Waals surface area contributed by atoms with E-state index in [1.807, 2.05) is 36.4 Å². The smallest absolute Gasteiger partial charge is 0.138 e. The number of imidazole rings is 1. The van der Waals surface area contributed by atoms with Gasteiger partial charge in [0.2, 0.25) is 0 Å². The van der Waals surface area contributed by atoms with Crippen molar-refractivity contribution in [2.45, 2.75) is 0 Å². The Morgan fingerprint density at radius 2 is 1.50 bits per heavy atom. The molecule has 0 fully saturated rings. The molecule has 2 aromatic carbocycles. The number of nitrogens with zero attached hydrogens (tertiary/aromatic N) is 2. The lowest BCUT2D eigenvalue weighted by Crippen LogP contribution is -1.84. The molecule has 0 unspecified atom stereocenters. The van der Waals surface area contributed by atoms with E-state index < -0.39 is 0 Å². The van der Waals surface area contributed by atoms with Crippen LogP contribution in [-0.2, 0) is 0 Å². The summed E-state index contributed by atoms with van der Waals surface area (Å²) in [5.74, 6) is 0.854. The number of H-pyrrole nitrogens is 1. The second kappa shape index (κ2) is 5.00. The van der Waals surface area contributed by atoms with Crippen molar-refractivity contribution < 1.29 is 0 Å². The Hall–Kier alpha value is -3.14. The maximum Gasteiger partial charge on any atom is 0.138 e. The number of benzene rings is 2. The number of nitrogen functional groups attached to an aromatic ring is 1. The first-order valence-electron chi connectivity index (χ1n) is 7.06. The first-order chi connectivity index (χ1) is 10.8. The summed E-state index contributed by atoms with van der Waals surface area (Å²) in [6.07, 6.45) is 3.53. The normalized spacial score (nSPS) is 10.9. The Morgan fingerprint density at radius 1 is 0.773 bits per heavy atom. The van der Waals surface area contributed by atoms with Gasteiger partial charge in [0.05, 0.1) is 11.0 Å². The molecule has 0 atom stereocenters. The van der Waals surface area contributed by atoms with Gasteiger partial charge in [0, 0.05) is 23.6 Å². The largest absolute Gasteiger partial charge is 0.399 e. The summed E-state index contributed by atoms with van der Waals surface area (Å²) in [7, 11) is 0. The van der Waals surface area contributed by atoms with Crippen molar-refractivity contribution in [3.63, 3.8) is 0 Å². The lowest BCUT2D eigenvalue weighted by atomic mass is 10.0. The van der Waals surface area contributed by atoms with Crippen LogP contribution in [0.3, 0.4) is 0 Å². The number of aromatic amines is 1. The predicted octanol–water partition coefficient (Wildman–Crippen LogP) is 3.87. The number of hydrogen-bond acceptors (Lipinski definition) is 3. The van der Waals surface area contributed by atoms with Crippen molar-refractivity contribution in [1.29, 1.82) is 0 Å². The number of rotatable bonds is 2. The molecule has 0 saturated carbocycles. The van der Waals surface area contributed by atoms with Crippen LogP contribution in [0.2, 0.25) is 0 Å². The molecule has 2 heterocycles. The Labute approximate surface area is 127 Å². The van der Waals surface area contributed by atoms with Gasteiger partial charge in [-0.15, -0.1) is 0 Å². The average molecular weight is 286 g/mol. The number of pyridine rings is 1. The molecule has 0 spiro atoms. The number of nitrogens with one attached hydrogen (secondary N) is 1. The molecule has 4 heteroatoms. The van der Waals surface area contributed by atoms with Gasteiger partial charge in [0.15, 0.2) is 0 Å². The van der Waals surface area contributed by atoms with Crippen molar-refractivity contribution in [3.8, 4) is 22.5 Å². The minimum absolute atomic E-state index is 0.768. The van der Waals surface area contributed by atoms with Gasteiger partial charge in [-0.1, -0.05) is 18.2 Å². The van der Waals surface area contributed by atoms with Crippen LogP contribution in [0.25, 0.3) is 33.5 Å². The zero-order valence-corrected chi connectivity index (χ0v) is 11.8. The first kappa shape index (κ1) is 12.6. The summed E-state index contributed by atoms with van der Waals surface area (Å²) in [6, 6.07) is 18.0. The molecule has 4 aromatic rings. The van der Waals surface area contributed by atoms with Gasteiger partial charge in [0.25, 0.3) is 0 Å².